The van der Waals surface area contributed by atoms with E-state index in [1.54, 1.807) is 0 Å². The van der Waals surface area contributed by atoms with E-state index >= 15 is 0 Å². The molecule has 0 aromatic heterocycles. The predicted molar refractivity (Wildman–Crippen MR) is 175 cm³/mol. The van der Waals surface area contributed by atoms with E-state index in [0.717, 1.165) is 38.5 Å². The fraction of sp³-hybridized carbons (Fsp3) is 0.971. The number of aliphatic hydroxyl groups is 1. The fourth-order valence-electron chi connectivity index (χ4n) is 5.63. The van der Waals surface area contributed by atoms with Crippen molar-refractivity contribution in [3.05, 3.63) is 0 Å². The SMILES string of the molecule is CCCCCCCCCCCCCCCCCCCCC(O)C(CS(=O)(=O)O)NC(=O)CCCCCCCCCC. The molecule has 0 rings (SSSR count). The topological polar surface area (TPSA) is 104 Å². The van der Waals surface area contributed by atoms with E-state index in [0.29, 0.717) is 12.8 Å². The first-order chi connectivity index (χ1) is 19.8. The first kappa shape index (κ1) is 40.3. The highest BCUT2D eigenvalue weighted by molar-refractivity contribution is 7.85. The zero-order valence-electron chi connectivity index (χ0n) is 27.2. The summed E-state index contributed by atoms with van der Waals surface area (Å²) < 4.78 is 32.3. The number of unbranched alkanes of at least 4 members (excludes halogenated alkanes) is 24. The van der Waals surface area contributed by atoms with E-state index in [9.17, 15) is 22.9 Å². The molecule has 0 aromatic rings. The highest BCUT2D eigenvalue weighted by Gasteiger charge is 2.26. The Morgan fingerprint density at radius 3 is 1.22 bits per heavy atom. The maximum atomic E-state index is 12.4. The van der Waals surface area contributed by atoms with Gasteiger partial charge in [0.2, 0.25) is 5.91 Å². The van der Waals surface area contributed by atoms with Gasteiger partial charge in [0.15, 0.2) is 0 Å². The maximum absolute atomic E-state index is 12.4. The van der Waals surface area contributed by atoms with Gasteiger partial charge in [-0.05, 0) is 12.8 Å². The van der Waals surface area contributed by atoms with Crippen molar-refractivity contribution >= 4 is 16.0 Å². The molecule has 0 saturated heterocycles. The minimum absolute atomic E-state index is 0.249. The monoisotopic (exact) mass is 603 g/mol. The van der Waals surface area contributed by atoms with Gasteiger partial charge in [0, 0.05) is 6.42 Å². The van der Waals surface area contributed by atoms with Gasteiger partial charge in [-0.1, -0.05) is 174 Å². The molecule has 0 saturated carbocycles. The number of amides is 1. The summed E-state index contributed by atoms with van der Waals surface area (Å²) in [6.45, 7) is 4.47. The normalized spacial score (nSPS) is 13.4. The minimum atomic E-state index is -4.29. The third-order valence-electron chi connectivity index (χ3n) is 8.31. The number of hydrogen-bond acceptors (Lipinski definition) is 4. The molecule has 0 aliphatic heterocycles. The maximum Gasteiger partial charge on any atom is 0.266 e. The van der Waals surface area contributed by atoms with Crippen molar-refractivity contribution in [3.8, 4) is 0 Å². The highest BCUT2D eigenvalue weighted by Crippen LogP contribution is 2.16. The van der Waals surface area contributed by atoms with Gasteiger partial charge in [-0.3, -0.25) is 9.35 Å². The van der Waals surface area contributed by atoms with Crippen molar-refractivity contribution in [2.24, 2.45) is 0 Å². The van der Waals surface area contributed by atoms with E-state index in [1.165, 1.54) is 128 Å². The Labute approximate surface area is 255 Å². The summed E-state index contributed by atoms with van der Waals surface area (Å²) >= 11 is 0. The van der Waals surface area contributed by atoms with Crippen LogP contribution in [0.4, 0.5) is 0 Å². The van der Waals surface area contributed by atoms with Crippen LogP contribution in [0.2, 0.25) is 0 Å². The molecule has 2 unspecified atom stereocenters. The van der Waals surface area contributed by atoms with Crippen LogP contribution in [0.15, 0.2) is 0 Å². The summed E-state index contributed by atoms with van der Waals surface area (Å²) in [5.41, 5.74) is 0. The summed E-state index contributed by atoms with van der Waals surface area (Å²) in [7, 11) is -4.29. The molecule has 0 fully saturated rings. The molecule has 3 N–H and O–H groups in total. The van der Waals surface area contributed by atoms with Gasteiger partial charge in [-0.25, -0.2) is 0 Å². The number of carbonyl (C=O) groups is 1. The molecular weight excluding hydrogens is 534 g/mol. The zero-order valence-corrected chi connectivity index (χ0v) is 28.0. The molecule has 41 heavy (non-hydrogen) atoms. The molecule has 0 aliphatic carbocycles. The lowest BCUT2D eigenvalue weighted by Crippen LogP contribution is -2.47. The third-order valence-corrected chi connectivity index (χ3v) is 9.09. The number of nitrogens with one attached hydrogen (secondary N) is 1. The summed E-state index contributed by atoms with van der Waals surface area (Å²) in [6.07, 6.45) is 32.0. The second-order valence-corrected chi connectivity index (χ2v) is 14.0. The predicted octanol–water partition coefficient (Wildman–Crippen LogP) is 9.68. The summed E-state index contributed by atoms with van der Waals surface area (Å²) in [5.74, 6) is -0.891. The standard InChI is InChI=1S/C34H69NO5S/c1-3-5-7-9-11-13-14-15-16-17-18-19-20-21-22-23-25-27-29-33(36)32(31-41(38,39)40)35-34(37)30-28-26-24-12-10-8-6-4-2/h32-33,36H,3-31H2,1-2H3,(H,35,37)(H,38,39,40). The van der Waals surface area contributed by atoms with Crippen molar-refractivity contribution in [2.45, 2.75) is 206 Å². The molecule has 0 aromatic carbocycles. The van der Waals surface area contributed by atoms with Crippen LogP contribution in [0.1, 0.15) is 194 Å². The first-order valence-corrected chi connectivity index (χ1v) is 19.3. The molecule has 0 bridgehead atoms. The lowest BCUT2D eigenvalue weighted by Gasteiger charge is -2.23. The largest absolute Gasteiger partial charge is 0.391 e. The summed E-state index contributed by atoms with van der Waals surface area (Å²) in [5, 5.41) is 13.3. The molecule has 7 heteroatoms. The average Bonchev–Trinajstić information content (AvgIpc) is 2.92. The van der Waals surface area contributed by atoms with Gasteiger partial charge in [-0.15, -0.1) is 0 Å². The number of rotatable bonds is 32. The van der Waals surface area contributed by atoms with Crippen molar-refractivity contribution in [3.63, 3.8) is 0 Å². The van der Waals surface area contributed by atoms with E-state index in [2.05, 4.69) is 19.2 Å². The van der Waals surface area contributed by atoms with E-state index in [4.69, 9.17) is 0 Å². The molecule has 1 amide bonds. The smallest absolute Gasteiger partial charge is 0.266 e. The van der Waals surface area contributed by atoms with E-state index in [-0.39, 0.29) is 5.91 Å². The molecule has 0 aliphatic rings. The molecule has 6 nitrogen and oxygen atoms in total. The fourth-order valence-corrected chi connectivity index (χ4v) is 6.39. The van der Waals surface area contributed by atoms with E-state index in [1.807, 2.05) is 0 Å². The van der Waals surface area contributed by atoms with Crippen LogP contribution in [-0.4, -0.2) is 41.9 Å². The van der Waals surface area contributed by atoms with E-state index < -0.39 is 28.0 Å². The Morgan fingerprint density at radius 2 is 0.878 bits per heavy atom. The molecule has 0 spiro atoms. The van der Waals surface area contributed by atoms with Crippen LogP contribution >= 0.6 is 0 Å². The van der Waals surface area contributed by atoms with Crippen molar-refractivity contribution in [2.75, 3.05) is 5.75 Å². The zero-order chi connectivity index (χ0) is 30.4. The van der Waals surface area contributed by atoms with Crippen LogP contribution < -0.4 is 5.32 Å². The van der Waals surface area contributed by atoms with Gasteiger partial charge in [0.05, 0.1) is 17.9 Å². The highest BCUT2D eigenvalue weighted by atomic mass is 32.2. The Hall–Kier alpha value is -0.660. The van der Waals surface area contributed by atoms with Crippen LogP contribution in [-0.2, 0) is 14.9 Å². The van der Waals surface area contributed by atoms with Gasteiger partial charge < -0.3 is 10.4 Å². The second kappa shape index (κ2) is 29.4. The number of hydrogen-bond donors (Lipinski definition) is 3. The molecular formula is C34H69NO5S. The molecule has 0 radical (unpaired) electrons. The van der Waals surface area contributed by atoms with Crippen LogP contribution in [0, 0.1) is 0 Å². The lowest BCUT2D eigenvalue weighted by atomic mass is 10.0. The Balaban J connectivity index is 3.83. The van der Waals surface area contributed by atoms with Crippen LogP contribution in [0.5, 0.6) is 0 Å². The van der Waals surface area contributed by atoms with Gasteiger partial charge in [-0.2, -0.15) is 8.42 Å². The molecule has 246 valence electrons. The first-order valence-electron chi connectivity index (χ1n) is 17.7. The number of carbonyl (C=O) groups excluding carboxylic acids is 1. The quantitative estimate of drug-likeness (QED) is 0.0524. The van der Waals surface area contributed by atoms with Crippen molar-refractivity contribution in [1.82, 2.24) is 5.32 Å². The minimum Gasteiger partial charge on any atom is -0.391 e. The lowest BCUT2D eigenvalue weighted by molar-refractivity contribution is -0.122. The third kappa shape index (κ3) is 30.6. The van der Waals surface area contributed by atoms with Crippen molar-refractivity contribution in [1.29, 1.82) is 0 Å². The molecule has 0 heterocycles. The van der Waals surface area contributed by atoms with Gasteiger partial charge in [0.1, 0.15) is 0 Å². The number of aliphatic hydroxyl groups excluding tert-OH is 1. The van der Waals surface area contributed by atoms with Crippen LogP contribution in [0.25, 0.3) is 0 Å². The Bertz CT molecular complexity index is 670. The Kier molecular flexibility index (Phi) is 28.9. The average molecular weight is 604 g/mol. The van der Waals surface area contributed by atoms with Crippen LogP contribution in [0.3, 0.4) is 0 Å². The summed E-state index contributed by atoms with van der Waals surface area (Å²) in [4.78, 5) is 12.4. The van der Waals surface area contributed by atoms with Gasteiger partial charge >= 0.3 is 0 Å². The second-order valence-electron chi connectivity index (χ2n) is 12.5. The molecule has 2 atom stereocenters. The van der Waals surface area contributed by atoms with Crippen molar-refractivity contribution < 1.29 is 22.9 Å². The van der Waals surface area contributed by atoms with Gasteiger partial charge in [0.25, 0.3) is 10.1 Å². The summed E-state index contributed by atoms with van der Waals surface area (Å²) in [6, 6.07) is -0.961. The Morgan fingerprint density at radius 1 is 0.561 bits per heavy atom.